The molecule has 1 heterocycles. The lowest BCUT2D eigenvalue weighted by molar-refractivity contribution is -0.384. The van der Waals surface area contributed by atoms with Crippen LogP contribution in [-0.4, -0.2) is 40.3 Å². The van der Waals surface area contributed by atoms with Crippen LogP contribution >= 0.6 is 0 Å². The summed E-state index contributed by atoms with van der Waals surface area (Å²) in [6.07, 6.45) is 0.789. The number of nitro groups is 1. The summed E-state index contributed by atoms with van der Waals surface area (Å²) in [6, 6.07) is 6.44. The number of aliphatic hydroxyl groups is 1. The first-order chi connectivity index (χ1) is 11.1. The molecule has 0 unspecified atom stereocenters. The predicted molar refractivity (Wildman–Crippen MR) is 90.0 cm³/mol. The van der Waals surface area contributed by atoms with Gasteiger partial charge in [-0.2, -0.15) is 0 Å². The number of carbonyl (C=O) groups is 1. The molecule has 1 aliphatic rings. The maximum absolute atomic E-state index is 11.9. The first kappa shape index (κ1) is 18.2. The van der Waals surface area contributed by atoms with Gasteiger partial charge in [0, 0.05) is 30.9 Å². The molecule has 2 rings (SSSR count). The van der Waals surface area contributed by atoms with Gasteiger partial charge in [-0.15, -0.1) is 0 Å². The molecule has 0 aromatic heterocycles. The minimum atomic E-state index is -1.08. The van der Waals surface area contributed by atoms with Gasteiger partial charge in [0.15, 0.2) is 0 Å². The van der Waals surface area contributed by atoms with Gasteiger partial charge < -0.3 is 14.7 Å². The fourth-order valence-corrected chi connectivity index (χ4v) is 2.81. The van der Waals surface area contributed by atoms with Gasteiger partial charge in [0.2, 0.25) is 0 Å². The lowest BCUT2D eigenvalue weighted by atomic mass is 9.88. The third-order valence-electron chi connectivity index (χ3n) is 3.99. The number of benzene rings is 1. The lowest BCUT2D eigenvalue weighted by Crippen LogP contribution is -2.46. The molecule has 7 heteroatoms. The zero-order valence-electron chi connectivity index (χ0n) is 14.3. The highest BCUT2D eigenvalue weighted by Crippen LogP contribution is 2.31. The van der Waals surface area contributed by atoms with Crippen molar-refractivity contribution in [1.82, 2.24) is 0 Å². The number of nitrogens with zero attached hydrogens (tertiary/aromatic N) is 2. The molecule has 1 saturated heterocycles. The molecule has 1 fully saturated rings. The van der Waals surface area contributed by atoms with Crippen molar-refractivity contribution < 1.29 is 19.6 Å². The Morgan fingerprint density at radius 1 is 1.38 bits per heavy atom. The first-order valence-corrected chi connectivity index (χ1v) is 8.02. The molecule has 0 bridgehead atoms. The zero-order chi connectivity index (χ0) is 18.0. The van der Waals surface area contributed by atoms with Crippen molar-refractivity contribution in [3.05, 3.63) is 34.4 Å². The Morgan fingerprint density at radius 2 is 2.00 bits per heavy atom. The molecule has 0 radical (unpaired) electrons. The minimum Gasteiger partial charge on any atom is -0.460 e. The maximum atomic E-state index is 11.9. The van der Waals surface area contributed by atoms with Crippen LogP contribution in [0.1, 0.15) is 40.0 Å². The van der Waals surface area contributed by atoms with Gasteiger partial charge in [0.05, 0.1) is 16.9 Å². The molecule has 1 N–H and O–H groups in total. The molecule has 0 saturated carbocycles. The van der Waals surface area contributed by atoms with Gasteiger partial charge in [-0.05, 0) is 39.7 Å². The number of anilines is 1. The molecule has 0 spiro atoms. The van der Waals surface area contributed by atoms with Crippen LogP contribution in [0.25, 0.3) is 0 Å². The number of rotatable bonds is 4. The predicted octanol–water partition coefficient (Wildman–Crippen LogP) is 2.66. The van der Waals surface area contributed by atoms with E-state index in [9.17, 15) is 20.0 Å². The number of carbonyl (C=O) groups excluding carboxylic acids is 1. The number of non-ortho nitro benzene ring substituents is 1. The molecule has 1 aromatic rings. The molecular formula is C17H24N2O5. The van der Waals surface area contributed by atoms with Crippen molar-refractivity contribution in [2.24, 2.45) is 0 Å². The highest BCUT2D eigenvalue weighted by atomic mass is 16.6. The fraction of sp³-hybridized carbons (Fsp3) is 0.588. The van der Waals surface area contributed by atoms with Crippen LogP contribution in [0.3, 0.4) is 0 Å². The Balaban J connectivity index is 1.96. The van der Waals surface area contributed by atoms with Crippen LogP contribution < -0.4 is 4.90 Å². The van der Waals surface area contributed by atoms with Gasteiger partial charge in [0.1, 0.15) is 5.60 Å². The largest absolute Gasteiger partial charge is 0.460 e. The smallest absolute Gasteiger partial charge is 0.309 e. The molecule has 24 heavy (non-hydrogen) atoms. The maximum Gasteiger partial charge on any atom is 0.309 e. The quantitative estimate of drug-likeness (QED) is 0.516. The minimum absolute atomic E-state index is 0.0347. The van der Waals surface area contributed by atoms with Crippen molar-refractivity contribution in [3.63, 3.8) is 0 Å². The summed E-state index contributed by atoms with van der Waals surface area (Å²) in [5.74, 6) is -0.409. The van der Waals surface area contributed by atoms with E-state index in [0.29, 0.717) is 25.9 Å². The summed E-state index contributed by atoms with van der Waals surface area (Å²) >= 11 is 0. The third-order valence-corrected chi connectivity index (χ3v) is 3.99. The second-order valence-electron chi connectivity index (χ2n) is 7.25. The first-order valence-electron chi connectivity index (χ1n) is 8.02. The summed E-state index contributed by atoms with van der Waals surface area (Å²) in [6.45, 7) is 6.43. The number of esters is 1. The summed E-state index contributed by atoms with van der Waals surface area (Å²) in [7, 11) is 0. The van der Waals surface area contributed by atoms with Gasteiger partial charge in [-0.25, -0.2) is 0 Å². The Kier molecular flexibility index (Phi) is 5.13. The van der Waals surface area contributed by atoms with Gasteiger partial charge in [-0.3, -0.25) is 14.9 Å². The highest BCUT2D eigenvalue weighted by Gasteiger charge is 2.36. The number of ether oxygens (including phenoxy) is 1. The third kappa shape index (κ3) is 4.92. The lowest BCUT2D eigenvalue weighted by Gasteiger charge is -2.39. The van der Waals surface area contributed by atoms with Crippen LogP contribution in [0.2, 0.25) is 0 Å². The topological polar surface area (TPSA) is 92.9 Å². The SMILES string of the molecule is CC(C)(C)OC(=O)CC1(O)CCN(c2cccc([N+](=O)[O-])c2)CC1. The molecule has 1 aliphatic heterocycles. The molecule has 132 valence electrons. The number of hydrogen-bond donors (Lipinski definition) is 1. The van der Waals surface area contributed by atoms with E-state index < -0.39 is 22.1 Å². The van der Waals surface area contributed by atoms with Crippen LogP contribution in [0.5, 0.6) is 0 Å². The van der Waals surface area contributed by atoms with E-state index in [1.54, 1.807) is 26.8 Å². The average molecular weight is 336 g/mol. The Morgan fingerprint density at radius 3 is 2.54 bits per heavy atom. The number of piperidine rings is 1. The van der Waals surface area contributed by atoms with Crippen LogP contribution in [0.4, 0.5) is 11.4 Å². The van der Waals surface area contributed by atoms with Crippen molar-refractivity contribution >= 4 is 17.3 Å². The fourth-order valence-electron chi connectivity index (χ4n) is 2.81. The summed E-state index contributed by atoms with van der Waals surface area (Å²) in [5, 5.41) is 21.5. The normalized spacial score (nSPS) is 17.4. The van der Waals surface area contributed by atoms with Crippen LogP contribution in [-0.2, 0) is 9.53 Å². The van der Waals surface area contributed by atoms with Crippen molar-refractivity contribution in [2.45, 2.75) is 51.2 Å². The zero-order valence-corrected chi connectivity index (χ0v) is 14.3. The summed E-state index contributed by atoms with van der Waals surface area (Å²) in [5.41, 5.74) is -0.859. The number of hydrogen-bond acceptors (Lipinski definition) is 6. The summed E-state index contributed by atoms with van der Waals surface area (Å²) < 4.78 is 5.27. The highest BCUT2D eigenvalue weighted by molar-refractivity contribution is 5.71. The molecule has 7 nitrogen and oxygen atoms in total. The van der Waals surface area contributed by atoms with E-state index in [2.05, 4.69) is 0 Å². The van der Waals surface area contributed by atoms with Gasteiger partial charge >= 0.3 is 5.97 Å². The second kappa shape index (κ2) is 6.76. The monoisotopic (exact) mass is 336 g/mol. The molecule has 0 aliphatic carbocycles. The molecule has 1 aromatic carbocycles. The van der Waals surface area contributed by atoms with E-state index in [1.807, 2.05) is 11.0 Å². The van der Waals surface area contributed by atoms with Crippen molar-refractivity contribution in [2.75, 3.05) is 18.0 Å². The van der Waals surface area contributed by atoms with Crippen LogP contribution in [0.15, 0.2) is 24.3 Å². The molecule has 0 amide bonds. The van der Waals surface area contributed by atoms with Gasteiger partial charge in [0.25, 0.3) is 5.69 Å². The van der Waals surface area contributed by atoms with Gasteiger partial charge in [-0.1, -0.05) is 6.07 Å². The van der Waals surface area contributed by atoms with Crippen LogP contribution in [0, 0.1) is 10.1 Å². The molecule has 0 atom stereocenters. The van der Waals surface area contributed by atoms with E-state index in [-0.39, 0.29) is 12.1 Å². The van der Waals surface area contributed by atoms with Crippen molar-refractivity contribution in [3.8, 4) is 0 Å². The standard InChI is InChI=1S/C17H24N2O5/c1-16(2,3)24-15(20)12-17(21)7-9-18(10-8-17)13-5-4-6-14(11-13)19(22)23/h4-6,11,21H,7-10,12H2,1-3H3. The second-order valence-corrected chi connectivity index (χ2v) is 7.25. The van der Waals surface area contributed by atoms with E-state index in [1.165, 1.54) is 12.1 Å². The van der Waals surface area contributed by atoms with Crippen molar-refractivity contribution in [1.29, 1.82) is 0 Å². The summed E-state index contributed by atoms with van der Waals surface area (Å²) in [4.78, 5) is 24.4. The molecular weight excluding hydrogens is 312 g/mol. The van der Waals surface area contributed by atoms with E-state index in [0.717, 1.165) is 5.69 Å². The number of nitro benzene ring substituents is 1. The Hall–Kier alpha value is -2.15. The Labute approximate surface area is 141 Å². The average Bonchev–Trinajstić information content (AvgIpc) is 2.45. The van der Waals surface area contributed by atoms with E-state index in [4.69, 9.17) is 4.74 Å². The van der Waals surface area contributed by atoms with E-state index >= 15 is 0 Å². The Bertz CT molecular complexity index is 616.